The molecule has 0 aromatic carbocycles. The molecule has 0 saturated heterocycles. The van der Waals surface area contributed by atoms with E-state index in [1.807, 2.05) is 0 Å². The summed E-state index contributed by atoms with van der Waals surface area (Å²) in [5, 5.41) is 19.2. The first-order valence-electron chi connectivity index (χ1n) is 4.67. The van der Waals surface area contributed by atoms with Crippen molar-refractivity contribution in [2.75, 3.05) is 6.54 Å². The van der Waals surface area contributed by atoms with Gasteiger partial charge in [0.05, 0.1) is 11.7 Å². The number of rotatable bonds is 4. The monoisotopic (exact) mass is 173 g/mol. The number of nitrogens with two attached hydrogens (primary N) is 1. The first-order chi connectivity index (χ1) is 5.56. The average molecular weight is 173 g/mol. The van der Waals surface area contributed by atoms with Crippen molar-refractivity contribution < 1.29 is 10.2 Å². The summed E-state index contributed by atoms with van der Waals surface area (Å²) < 4.78 is 0. The van der Waals surface area contributed by atoms with Gasteiger partial charge in [-0.3, -0.25) is 0 Å². The van der Waals surface area contributed by atoms with E-state index in [-0.39, 0.29) is 6.54 Å². The Balaban J connectivity index is 2.35. The van der Waals surface area contributed by atoms with Gasteiger partial charge in [0.2, 0.25) is 0 Å². The second kappa shape index (κ2) is 3.73. The van der Waals surface area contributed by atoms with Crippen LogP contribution in [0.3, 0.4) is 0 Å². The fraction of sp³-hybridized carbons (Fsp3) is 1.00. The molecule has 0 aromatic rings. The van der Waals surface area contributed by atoms with E-state index in [0.29, 0.717) is 12.3 Å². The van der Waals surface area contributed by atoms with Crippen LogP contribution in [0, 0.1) is 5.92 Å². The lowest BCUT2D eigenvalue weighted by Crippen LogP contribution is -2.43. The molecule has 1 saturated carbocycles. The van der Waals surface area contributed by atoms with Crippen LogP contribution in [0.4, 0.5) is 0 Å². The van der Waals surface area contributed by atoms with E-state index < -0.39 is 11.7 Å². The van der Waals surface area contributed by atoms with Crippen LogP contribution in [0.1, 0.15) is 32.6 Å². The minimum atomic E-state index is -0.711. The summed E-state index contributed by atoms with van der Waals surface area (Å²) in [7, 11) is 0. The third-order valence-electron chi connectivity index (χ3n) is 2.91. The highest BCUT2D eigenvalue weighted by molar-refractivity contribution is 4.89. The normalized spacial score (nSPS) is 26.0. The Kier molecular flexibility index (Phi) is 3.09. The van der Waals surface area contributed by atoms with Crippen LogP contribution in [-0.4, -0.2) is 28.5 Å². The minimum Gasteiger partial charge on any atom is -0.392 e. The zero-order valence-electron chi connectivity index (χ0n) is 7.66. The summed E-state index contributed by atoms with van der Waals surface area (Å²) in [5.74, 6) is 0.374. The van der Waals surface area contributed by atoms with Gasteiger partial charge in [-0.25, -0.2) is 0 Å². The quantitative estimate of drug-likeness (QED) is 0.571. The Morgan fingerprint density at radius 3 is 2.50 bits per heavy atom. The van der Waals surface area contributed by atoms with Crippen molar-refractivity contribution in [1.29, 1.82) is 0 Å². The van der Waals surface area contributed by atoms with E-state index in [1.165, 1.54) is 6.42 Å². The molecule has 0 heterocycles. The van der Waals surface area contributed by atoms with Crippen molar-refractivity contribution >= 4 is 0 Å². The molecular weight excluding hydrogens is 154 g/mol. The zero-order valence-corrected chi connectivity index (χ0v) is 7.66. The van der Waals surface area contributed by atoms with Crippen molar-refractivity contribution in [3.8, 4) is 0 Å². The second-order valence-corrected chi connectivity index (χ2v) is 4.08. The van der Waals surface area contributed by atoms with Crippen LogP contribution in [0.2, 0.25) is 0 Å². The van der Waals surface area contributed by atoms with Crippen LogP contribution < -0.4 is 5.73 Å². The molecule has 1 aliphatic carbocycles. The van der Waals surface area contributed by atoms with Gasteiger partial charge in [0.15, 0.2) is 0 Å². The van der Waals surface area contributed by atoms with Crippen LogP contribution in [-0.2, 0) is 0 Å². The Morgan fingerprint density at radius 2 is 2.17 bits per heavy atom. The predicted molar refractivity (Wildman–Crippen MR) is 47.6 cm³/mol. The molecule has 2 atom stereocenters. The summed E-state index contributed by atoms with van der Waals surface area (Å²) >= 11 is 0. The van der Waals surface area contributed by atoms with Crippen LogP contribution in [0.5, 0.6) is 0 Å². The molecule has 72 valence electrons. The van der Waals surface area contributed by atoms with Gasteiger partial charge in [-0.15, -0.1) is 0 Å². The summed E-state index contributed by atoms with van der Waals surface area (Å²) in [5.41, 5.74) is 4.57. The molecule has 3 heteroatoms. The van der Waals surface area contributed by atoms with E-state index in [2.05, 4.69) is 0 Å². The third-order valence-corrected chi connectivity index (χ3v) is 2.91. The minimum absolute atomic E-state index is 0.239. The Labute approximate surface area is 73.6 Å². The smallest absolute Gasteiger partial charge is 0.0689 e. The summed E-state index contributed by atoms with van der Waals surface area (Å²) in [6.45, 7) is 2.04. The fourth-order valence-electron chi connectivity index (χ4n) is 1.76. The average Bonchev–Trinajstić information content (AvgIpc) is 1.80. The van der Waals surface area contributed by atoms with E-state index >= 15 is 0 Å². The topological polar surface area (TPSA) is 66.5 Å². The molecule has 0 bridgehead atoms. The van der Waals surface area contributed by atoms with Gasteiger partial charge >= 0.3 is 0 Å². The van der Waals surface area contributed by atoms with Crippen LogP contribution in [0.25, 0.3) is 0 Å². The van der Waals surface area contributed by atoms with E-state index in [0.717, 1.165) is 12.8 Å². The number of aliphatic hydroxyl groups is 2. The van der Waals surface area contributed by atoms with Crippen LogP contribution >= 0.6 is 0 Å². The third kappa shape index (κ3) is 2.19. The number of aliphatic hydroxyl groups excluding tert-OH is 1. The van der Waals surface area contributed by atoms with Gasteiger partial charge in [-0.1, -0.05) is 6.42 Å². The molecule has 0 amide bonds. The maximum atomic E-state index is 9.92. The lowest BCUT2D eigenvalue weighted by atomic mass is 9.71. The molecule has 3 nitrogen and oxygen atoms in total. The SMILES string of the molecule is C[C@](O)(C[C@H](O)CN)C1CCC1. The molecule has 0 radical (unpaired) electrons. The number of hydrogen-bond donors (Lipinski definition) is 3. The maximum absolute atomic E-state index is 9.92. The predicted octanol–water partition coefficient (Wildman–Crippen LogP) is 0.247. The van der Waals surface area contributed by atoms with Gasteiger partial charge in [-0.05, 0) is 25.7 Å². The molecule has 1 aliphatic rings. The van der Waals surface area contributed by atoms with Gasteiger partial charge in [0.25, 0.3) is 0 Å². The second-order valence-electron chi connectivity index (χ2n) is 4.08. The van der Waals surface area contributed by atoms with E-state index in [1.54, 1.807) is 6.92 Å². The van der Waals surface area contributed by atoms with Gasteiger partial charge < -0.3 is 15.9 Å². The van der Waals surface area contributed by atoms with Crippen molar-refractivity contribution in [3.63, 3.8) is 0 Å². The molecule has 1 fully saturated rings. The molecule has 1 rings (SSSR count). The molecule has 0 aromatic heterocycles. The maximum Gasteiger partial charge on any atom is 0.0689 e. The highest BCUT2D eigenvalue weighted by Gasteiger charge is 2.37. The standard InChI is InChI=1S/C9H19NO2/c1-9(12,5-8(11)6-10)7-3-2-4-7/h7-8,11-12H,2-6,10H2,1H3/t8-,9-/m0/s1. The lowest BCUT2D eigenvalue weighted by Gasteiger charge is -2.39. The first kappa shape index (κ1) is 9.96. The zero-order chi connectivity index (χ0) is 9.19. The van der Waals surface area contributed by atoms with Crippen molar-refractivity contribution in [2.24, 2.45) is 11.7 Å². The highest BCUT2D eigenvalue weighted by Crippen LogP contribution is 2.38. The Morgan fingerprint density at radius 1 is 1.58 bits per heavy atom. The van der Waals surface area contributed by atoms with E-state index in [9.17, 15) is 10.2 Å². The van der Waals surface area contributed by atoms with Crippen molar-refractivity contribution in [2.45, 2.75) is 44.3 Å². The van der Waals surface area contributed by atoms with E-state index in [4.69, 9.17) is 5.73 Å². The van der Waals surface area contributed by atoms with Gasteiger partial charge in [0, 0.05) is 13.0 Å². The van der Waals surface area contributed by atoms with Crippen LogP contribution in [0.15, 0.2) is 0 Å². The fourth-order valence-corrected chi connectivity index (χ4v) is 1.76. The molecule has 0 unspecified atom stereocenters. The first-order valence-corrected chi connectivity index (χ1v) is 4.67. The Hall–Kier alpha value is -0.120. The van der Waals surface area contributed by atoms with Gasteiger partial charge in [0.1, 0.15) is 0 Å². The molecule has 0 spiro atoms. The molecular formula is C9H19NO2. The van der Waals surface area contributed by atoms with Crippen molar-refractivity contribution in [3.05, 3.63) is 0 Å². The molecule has 12 heavy (non-hydrogen) atoms. The summed E-state index contributed by atoms with van der Waals surface area (Å²) in [6, 6.07) is 0. The molecule has 0 aliphatic heterocycles. The van der Waals surface area contributed by atoms with Crippen molar-refractivity contribution in [1.82, 2.24) is 0 Å². The van der Waals surface area contributed by atoms with Gasteiger partial charge in [-0.2, -0.15) is 0 Å². The lowest BCUT2D eigenvalue weighted by molar-refractivity contribution is -0.0654. The number of hydrogen-bond acceptors (Lipinski definition) is 3. The summed E-state index contributed by atoms with van der Waals surface area (Å²) in [4.78, 5) is 0. The molecule has 4 N–H and O–H groups in total. The largest absolute Gasteiger partial charge is 0.392 e. The highest BCUT2D eigenvalue weighted by atomic mass is 16.3. The Bertz CT molecular complexity index is 143. The summed E-state index contributed by atoms with van der Waals surface area (Å²) in [6.07, 6.45) is 3.24.